The minimum atomic E-state index is -0.734. The molecule has 0 aliphatic heterocycles. The Hall–Kier alpha value is -0.410. The van der Waals surface area contributed by atoms with Gasteiger partial charge in [-0.15, -0.1) is 0 Å². The Kier molecular flexibility index (Phi) is 5.30. The van der Waals surface area contributed by atoms with Gasteiger partial charge in [0.1, 0.15) is 5.78 Å². The van der Waals surface area contributed by atoms with Crippen LogP contribution in [0.2, 0.25) is 0 Å². The van der Waals surface area contributed by atoms with E-state index in [0.29, 0.717) is 48.3 Å². The molecule has 6 rings (SSSR count). The second-order valence-electron chi connectivity index (χ2n) is 11.5. The van der Waals surface area contributed by atoms with Crippen LogP contribution in [0.3, 0.4) is 0 Å². The first-order valence-electron chi connectivity index (χ1n) is 12.6. The first-order chi connectivity index (χ1) is 13.7. The smallest absolute Gasteiger partial charge is 0.135 e. The normalized spacial score (nSPS) is 58.0. The molecule has 0 radical (unpaired) electrons. The molecule has 0 aromatic heterocycles. The van der Waals surface area contributed by atoms with Crippen LogP contribution in [-0.2, 0) is 4.79 Å². The molecule has 0 bridgehead atoms. The molecule has 11 unspecified atom stereocenters. The number of hydrogen-bond acceptors (Lipinski definition) is 3. The Labute approximate surface area is 178 Å². The fourth-order valence-corrected chi connectivity index (χ4v) is 8.90. The van der Waals surface area contributed by atoms with E-state index >= 15 is 0 Å². The minimum absolute atomic E-state index is 0.0809. The molecule has 166 valence electrons. The van der Waals surface area contributed by atoms with E-state index in [1.165, 1.54) is 12.8 Å². The van der Waals surface area contributed by atoms with Gasteiger partial charge in [-0.05, 0) is 78.9 Å². The minimum Gasteiger partial charge on any atom is -0.392 e. The molecule has 6 saturated carbocycles. The molecule has 0 aromatic carbocycles. The van der Waals surface area contributed by atoms with E-state index in [2.05, 4.69) is 27.7 Å². The summed E-state index contributed by atoms with van der Waals surface area (Å²) in [6.45, 7) is 12.9. The molecular weight excluding hydrogens is 360 g/mol. The molecule has 0 heterocycles. The second-order valence-corrected chi connectivity index (χ2v) is 11.5. The lowest BCUT2D eigenvalue weighted by Crippen LogP contribution is -2.64. The predicted molar refractivity (Wildman–Crippen MR) is 116 cm³/mol. The van der Waals surface area contributed by atoms with Crippen molar-refractivity contribution in [2.75, 3.05) is 0 Å². The van der Waals surface area contributed by atoms with E-state index in [-0.39, 0.29) is 22.7 Å². The number of Topliss-reactive ketones (excluding diaryl/α,β-unsaturated/α-hetero) is 1. The van der Waals surface area contributed by atoms with Gasteiger partial charge in [-0.1, -0.05) is 48.0 Å². The summed E-state index contributed by atoms with van der Waals surface area (Å²) < 4.78 is 0. The molecular formula is C26H44O3. The van der Waals surface area contributed by atoms with Gasteiger partial charge in [0.15, 0.2) is 0 Å². The summed E-state index contributed by atoms with van der Waals surface area (Å²) in [5.74, 6) is 4.49. The van der Waals surface area contributed by atoms with E-state index in [4.69, 9.17) is 0 Å². The van der Waals surface area contributed by atoms with Crippen LogP contribution in [0.4, 0.5) is 0 Å². The van der Waals surface area contributed by atoms with E-state index in [0.717, 1.165) is 31.6 Å². The summed E-state index contributed by atoms with van der Waals surface area (Å²) in [4.78, 5) is 12.1. The second kappa shape index (κ2) is 7.05. The van der Waals surface area contributed by atoms with Crippen LogP contribution in [0, 0.1) is 52.3 Å². The Morgan fingerprint density at radius 1 is 1.00 bits per heavy atom. The molecule has 6 aliphatic carbocycles. The Morgan fingerprint density at radius 2 is 1.66 bits per heavy atom. The van der Waals surface area contributed by atoms with Crippen LogP contribution in [0.15, 0.2) is 0 Å². The molecule has 3 heteroatoms. The van der Waals surface area contributed by atoms with Crippen molar-refractivity contribution in [2.45, 2.75) is 105 Å². The monoisotopic (exact) mass is 404 g/mol. The van der Waals surface area contributed by atoms with Gasteiger partial charge in [0.25, 0.3) is 0 Å². The highest BCUT2D eigenvalue weighted by Gasteiger charge is 2.78. The molecule has 6 aliphatic rings. The largest absolute Gasteiger partial charge is 0.392 e. The average molecular weight is 405 g/mol. The highest BCUT2D eigenvalue weighted by atomic mass is 16.3. The molecule has 0 aromatic rings. The van der Waals surface area contributed by atoms with Crippen LogP contribution in [-0.4, -0.2) is 27.7 Å². The number of ketones is 1. The number of aliphatic hydroxyl groups excluding tert-OH is 1. The van der Waals surface area contributed by atoms with Crippen molar-refractivity contribution in [3.8, 4) is 0 Å². The summed E-state index contributed by atoms with van der Waals surface area (Å²) in [6.07, 6.45) is 7.73. The van der Waals surface area contributed by atoms with Crippen molar-refractivity contribution in [2.24, 2.45) is 52.3 Å². The number of hydrogen-bond donors (Lipinski definition) is 2. The van der Waals surface area contributed by atoms with Gasteiger partial charge >= 0.3 is 0 Å². The van der Waals surface area contributed by atoms with Gasteiger partial charge in [0.2, 0.25) is 0 Å². The van der Waals surface area contributed by atoms with Crippen molar-refractivity contribution in [1.82, 2.24) is 0 Å². The SMILES string of the molecule is CC.CC12CCC3C(C4CC4C4(O)CC(=O)CCC34C)C1C1CC1C2O.CCC. The third-order valence-electron chi connectivity index (χ3n) is 10.2. The summed E-state index contributed by atoms with van der Waals surface area (Å²) >= 11 is 0. The van der Waals surface area contributed by atoms with E-state index < -0.39 is 5.60 Å². The molecule has 0 spiro atoms. The standard InChI is InChI=1S/C21H30O3.C3H8.C2H6/c1-19-5-4-14-16(17(19)11-7-12(11)18(19)23)13-8-15(13)21(24)9-10(22)3-6-20(14,21)2;1-3-2;1-2/h11-18,23-24H,3-9H2,1-2H3;3H2,1-2H3;1-2H3. The van der Waals surface area contributed by atoms with Crippen LogP contribution in [0.1, 0.15) is 92.9 Å². The molecule has 2 N–H and O–H groups in total. The van der Waals surface area contributed by atoms with Crippen LogP contribution >= 0.6 is 0 Å². The highest BCUT2D eigenvalue weighted by molar-refractivity contribution is 5.81. The van der Waals surface area contributed by atoms with Gasteiger partial charge in [0, 0.05) is 18.3 Å². The molecule has 29 heavy (non-hydrogen) atoms. The lowest BCUT2D eigenvalue weighted by molar-refractivity contribution is -0.214. The number of aliphatic hydroxyl groups is 2. The fraction of sp³-hybridized carbons (Fsp3) is 0.962. The third-order valence-corrected chi connectivity index (χ3v) is 10.2. The van der Waals surface area contributed by atoms with Crippen LogP contribution < -0.4 is 0 Å². The fourth-order valence-electron chi connectivity index (χ4n) is 8.90. The van der Waals surface area contributed by atoms with Crippen molar-refractivity contribution in [3.05, 3.63) is 0 Å². The molecule has 6 fully saturated rings. The van der Waals surface area contributed by atoms with E-state index in [9.17, 15) is 15.0 Å². The Morgan fingerprint density at radius 3 is 2.31 bits per heavy atom. The van der Waals surface area contributed by atoms with Crippen molar-refractivity contribution in [1.29, 1.82) is 0 Å². The van der Waals surface area contributed by atoms with Gasteiger partial charge < -0.3 is 10.2 Å². The Bertz CT molecular complexity index is 660. The predicted octanol–water partition coefficient (Wildman–Crippen LogP) is 5.23. The lowest BCUT2D eigenvalue weighted by Gasteiger charge is -2.63. The van der Waals surface area contributed by atoms with Gasteiger partial charge in [-0.25, -0.2) is 0 Å². The van der Waals surface area contributed by atoms with Crippen molar-refractivity contribution < 1.29 is 15.0 Å². The van der Waals surface area contributed by atoms with Crippen LogP contribution in [0.25, 0.3) is 0 Å². The summed E-state index contributed by atoms with van der Waals surface area (Å²) in [5.41, 5.74) is -0.692. The first-order valence-corrected chi connectivity index (χ1v) is 12.6. The number of rotatable bonds is 0. The van der Waals surface area contributed by atoms with E-state index in [1.807, 2.05) is 13.8 Å². The van der Waals surface area contributed by atoms with Crippen molar-refractivity contribution >= 4 is 5.78 Å². The maximum Gasteiger partial charge on any atom is 0.135 e. The highest BCUT2D eigenvalue weighted by Crippen LogP contribution is 2.79. The van der Waals surface area contributed by atoms with Crippen LogP contribution in [0.5, 0.6) is 0 Å². The van der Waals surface area contributed by atoms with Crippen molar-refractivity contribution in [3.63, 3.8) is 0 Å². The molecule has 0 amide bonds. The summed E-state index contributed by atoms with van der Waals surface area (Å²) in [6, 6.07) is 0. The topological polar surface area (TPSA) is 57.5 Å². The maximum atomic E-state index is 12.1. The quantitative estimate of drug-likeness (QED) is 0.581. The maximum absolute atomic E-state index is 12.1. The van der Waals surface area contributed by atoms with Gasteiger partial charge in [-0.2, -0.15) is 0 Å². The van der Waals surface area contributed by atoms with E-state index in [1.54, 1.807) is 0 Å². The number of carbonyl (C=O) groups is 1. The zero-order chi connectivity index (χ0) is 21.4. The summed E-state index contributed by atoms with van der Waals surface area (Å²) in [5, 5.41) is 22.5. The van der Waals surface area contributed by atoms with Gasteiger partial charge in [0.05, 0.1) is 11.7 Å². The summed E-state index contributed by atoms with van der Waals surface area (Å²) in [7, 11) is 0. The zero-order valence-electron chi connectivity index (χ0n) is 19.6. The molecule has 0 saturated heterocycles. The van der Waals surface area contributed by atoms with Gasteiger partial charge in [-0.3, -0.25) is 4.79 Å². The first kappa shape index (κ1) is 21.8. The number of carbonyl (C=O) groups excluding carboxylic acids is 1. The average Bonchev–Trinajstić information content (AvgIpc) is 3.59. The lowest BCUT2D eigenvalue weighted by atomic mass is 9.43. The molecule has 3 nitrogen and oxygen atoms in total. The zero-order valence-corrected chi connectivity index (χ0v) is 19.6. The Balaban J connectivity index is 0.000000378. The third kappa shape index (κ3) is 2.71. The molecule has 11 atom stereocenters. The number of fused-ring (bicyclic) bond motifs is 10.